The Labute approximate surface area is 171 Å². The average Bonchev–Trinajstić information content (AvgIpc) is 2.73. The van der Waals surface area contributed by atoms with Gasteiger partial charge in [-0.25, -0.2) is 4.79 Å². The Morgan fingerprint density at radius 1 is 1.07 bits per heavy atom. The van der Waals surface area contributed by atoms with Crippen LogP contribution < -0.4 is 10.1 Å². The molecule has 6 heteroatoms. The number of ether oxygens (including phenoxy) is 2. The molecule has 0 saturated carbocycles. The second-order valence-electron chi connectivity index (χ2n) is 7.42. The smallest absolute Gasteiger partial charge is 0.407 e. The molecule has 0 unspecified atom stereocenters. The lowest BCUT2D eigenvalue weighted by Gasteiger charge is -2.32. The molecule has 0 aliphatic carbocycles. The molecule has 1 fully saturated rings. The van der Waals surface area contributed by atoms with Gasteiger partial charge in [-0.15, -0.1) is 0 Å². The lowest BCUT2D eigenvalue weighted by molar-refractivity contribution is -0.134. The minimum atomic E-state index is -0.420. The van der Waals surface area contributed by atoms with E-state index in [4.69, 9.17) is 9.47 Å². The van der Waals surface area contributed by atoms with E-state index >= 15 is 0 Å². The number of carbonyl (C=O) groups excluding carboxylic acids is 2. The minimum absolute atomic E-state index is 0.0163. The number of hydrogen-bond acceptors (Lipinski definition) is 4. The van der Waals surface area contributed by atoms with E-state index in [1.807, 2.05) is 62.4 Å². The maximum atomic E-state index is 12.4. The molecule has 0 radical (unpaired) electrons. The third kappa shape index (κ3) is 6.24. The summed E-state index contributed by atoms with van der Waals surface area (Å²) in [6, 6.07) is 15.5. The van der Waals surface area contributed by atoms with E-state index in [2.05, 4.69) is 5.32 Å². The summed E-state index contributed by atoms with van der Waals surface area (Å²) in [4.78, 5) is 26.2. The molecular formula is C23H28N2O4. The van der Waals surface area contributed by atoms with Gasteiger partial charge in [0.05, 0.1) is 0 Å². The molecule has 0 spiro atoms. The first-order valence-electron chi connectivity index (χ1n) is 9.96. The molecule has 3 rings (SSSR count). The lowest BCUT2D eigenvalue weighted by atomic mass is 10.1. The number of rotatable bonds is 6. The fraction of sp³-hybridized carbons (Fsp3) is 0.391. The third-order valence-corrected chi connectivity index (χ3v) is 5.06. The van der Waals surface area contributed by atoms with E-state index in [9.17, 15) is 9.59 Å². The molecular weight excluding hydrogens is 368 g/mol. The van der Waals surface area contributed by atoms with Crippen molar-refractivity contribution < 1.29 is 19.1 Å². The van der Waals surface area contributed by atoms with Crippen LogP contribution in [-0.4, -0.2) is 42.6 Å². The summed E-state index contributed by atoms with van der Waals surface area (Å²) in [5, 5.41) is 2.89. The van der Waals surface area contributed by atoms with Crippen molar-refractivity contribution in [1.29, 1.82) is 0 Å². The molecule has 1 aliphatic heterocycles. The van der Waals surface area contributed by atoms with Gasteiger partial charge in [0.2, 0.25) is 0 Å². The number of hydrogen-bond donors (Lipinski definition) is 1. The molecule has 154 valence electrons. The summed E-state index contributed by atoms with van der Waals surface area (Å²) < 4.78 is 11.0. The molecule has 1 N–H and O–H groups in total. The number of nitrogens with zero attached hydrogens (tertiary/aromatic N) is 1. The Kier molecular flexibility index (Phi) is 7.11. The first-order valence-corrected chi connectivity index (χ1v) is 9.96. The van der Waals surface area contributed by atoms with Crippen LogP contribution >= 0.6 is 0 Å². The van der Waals surface area contributed by atoms with Gasteiger partial charge >= 0.3 is 6.09 Å². The van der Waals surface area contributed by atoms with Crippen molar-refractivity contribution in [2.75, 3.05) is 19.7 Å². The van der Waals surface area contributed by atoms with Crippen LogP contribution in [0.4, 0.5) is 4.79 Å². The minimum Gasteiger partial charge on any atom is -0.484 e. The van der Waals surface area contributed by atoms with Crippen LogP contribution in [0.3, 0.4) is 0 Å². The largest absolute Gasteiger partial charge is 0.484 e. The predicted molar refractivity (Wildman–Crippen MR) is 111 cm³/mol. The number of benzene rings is 2. The van der Waals surface area contributed by atoms with E-state index in [-0.39, 0.29) is 25.2 Å². The molecule has 1 saturated heterocycles. The van der Waals surface area contributed by atoms with Gasteiger partial charge in [-0.2, -0.15) is 0 Å². The van der Waals surface area contributed by atoms with E-state index in [1.165, 1.54) is 0 Å². The summed E-state index contributed by atoms with van der Waals surface area (Å²) >= 11 is 0. The number of carbonyl (C=O) groups is 2. The lowest BCUT2D eigenvalue weighted by Crippen LogP contribution is -2.47. The van der Waals surface area contributed by atoms with Crippen LogP contribution in [0, 0.1) is 13.8 Å². The van der Waals surface area contributed by atoms with Crippen molar-refractivity contribution in [3.05, 3.63) is 65.2 Å². The molecule has 0 bridgehead atoms. The van der Waals surface area contributed by atoms with Crippen LogP contribution in [0.25, 0.3) is 0 Å². The van der Waals surface area contributed by atoms with Gasteiger partial charge in [-0.1, -0.05) is 48.0 Å². The Morgan fingerprint density at radius 2 is 1.79 bits per heavy atom. The highest BCUT2D eigenvalue weighted by Gasteiger charge is 2.24. The van der Waals surface area contributed by atoms with Gasteiger partial charge in [0.1, 0.15) is 12.4 Å². The van der Waals surface area contributed by atoms with Crippen LogP contribution in [-0.2, 0) is 16.1 Å². The topological polar surface area (TPSA) is 67.9 Å². The monoisotopic (exact) mass is 396 g/mol. The molecule has 2 amide bonds. The van der Waals surface area contributed by atoms with Gasteiger partial charge in [0, 0.05) is 19.1 Å². The van der Waals surface area contributed by atoms with Gasteiger partial charge in [-0.3, -0.25) is 4.79 Å². The summed E-state index contributed by atoms with van der Waals surface area (Å²) in [5.74, 6) is 0.705. The molecule has 2 aromatic carbocycles. The van der Waals surface area contributed by atoms with Crippen molar-refractivity contribution in [2.45, 2.75) is 39.3 Å². The van der Waals surface area contributed by atoms with Crippen LogP contribution in [0.15, 0.2) is 48.5 Å². The van der Waals surface area contributed by atoms with Crippen molar-refractivity contribution in [3.63, 3.8) is 0 Å². The van der Waals surface area contributed by atoms with E-state index in [0.29, 0.717) is 25.9 Å². The number of piperidine rings is 1. The summed E-state index contributed by atoms with van der Waals surface area (Å²) in [6.07, 6.45) is 0.989. The molecule has 2 aromatic rings. The number of amides is 2. The molecule has 29 heavy (non-hydrogen) atoms. The van der Waals surface area contributed by atoms with Gasteiger partial charge in [-0.05, 0) is 43.9 Å². The standard InChI is InChI=1S/C23H28N2O4/c1-17-8-9-21(18(2)14-17)28-16-22(26)25-12-10-20(11-13-25)24-23(27)29-15-19-6-4-3-5-7-19/h3-9,14,20H,10-13,15-16H2,1-2H3,(H,24,27). The number of likely N-dealkylation sites (tertiary alicyclic amines) is 1. The maximum absolute atomic E-state index is 12.4. The molecule has 6 nitrogen and oxygen atoms in total. The Balaban J connectivity index is 1.37. The normalized spacial score (nSPS) is 14.3. The zero-order valence-corrected chi connectivity index (χ0v) is 17.0. The maximum Gasteiger partial charge on any atom is 0.407 e. The number of aryl methyl sites for hydroxylation is 2. The van der Waals surface area contributed by atoms with Crippen LogP contribution in [0.2, 0.25) is 0 Å². The SMILES string of the molecule is Cc1ccc(OCC(=O)N2CCC(NC(=O)OCc3ccccc3)CC2)c(C)c1. The average molecular weight is 396 g/mol. The first-order chi connectivity index (χ1) is 14.0. The number of nitrogens with one attached hydrogen (secondary N) is 1. The Bertz CT molecular complexity index is 830. The van der Waals surface area contributed by atoms with Crippen molar-refractivity contribution in [1.82, 2.24) is 10.2 Å². The quantitative estimate of drug-likeness (QED) is 0.810. The summed E-state index contributed by atoms with van der Waals surface area (Å²) in [6.45, 7) is 5.47. The zero-order chi connectivity index (χ0) is 20.6. The van der Waals surface area contributed by atoms with E-state index in [0.717, 1.165) is 22.4 Å². The zero-order valence-electron chi connectivity index (χ0n) is 17.0. The first kappa shape index (κ1) is 20.7. The number of alkyl carbamates (subject to hydrolysis) is 1. The van der Waals surface area contributed by atoms with Gasteiger partial charge in [0.15, 0.2) is 6.61 Å². The van der Waals surface area contributed by atoms with Crippen molar-refractivity contribution >= 4 is 12.0 Å². The highest BCUT2D eigenvalue weighted by atomic mass is 16.5. The van der Waals surface area contributed by atoms with Crippen molar-refractivity contribution in [3.8, 4) is 5.75 Å². The van der Waals surface area contributed by atoms with Gasteiger partial charge < -0.3 is 19.7 Å². The Morgan fingerprint density at radius 3 is 2.48 bits per heavy atom. The summed E-state index contributed by atoms with van der Waals surface area (Å²) in [5.41, 5.74) is 3.14. The van der Waals surface area contributed by atoms with E-state index < -0.39 is 6.09 Å². The third-order valence-electron chi connectivity index (χ3n) is 5.06. The van der Waals surface area contributed by atoms with E-state index in [1.54, 1.807) is 4.90 Å². The van der Waals surface area contributed by atoms with Gasteiger partial charge in [0.25, 0.3) is 5.91 Å². The highest BCUT2D eigenvalue weighted by Crippen LogP contribution is 2.19. The highest BCUT2D eigenvalue weighted by molar-refractivity contribution is 5.78. The fourth-order valence-corrected chi connectivity index (χ4v) is 3.40. The fourth-order valence-electron chi connectivity index (χ4n) is 3.40. The molecule has 0 atom stereocenters. The second-order valence-corrected chi connectivity index (χ2v) is 7.42. The Hall–Kier alpha value is -3.02. The van der Waals surface area contributed by atoms with Crippen LogP contribution in [0.5, 0.6) is 5.75 Å². The molecule has 1 aliphatic rings. The van der Waals surface area contributed by atoms with Crippen LogP contribution in [0.1, 0.15) is 29.5 Å². The second kappa shape index (κ2) is 9.96. The molecule has 1 heterocycles. The van der Waals surface area contributed by atoms with Crippen molar-refractivity contribution in [2.24, 2.45) is 0 Å². The summed E-state index contributed by atoms with van der Waals surface area (Å²) in [7, 11) is 0. The predicted octanol–water partition coefficient (Wildman–Crippen LogP) is 3.60. The molecule has 0 aromatic heterocycles.